The van der Waals surface area contributed by atoms with Crippen LogP contribution in [0.1, 0.15) is 12.8 Å². The number of piperazine rings is 1. The maximum absolute atomic E-state index is 12.4. The van der Waals surface area contributed by atoms with E-state index in [1.807, 2.05) is 41.1 Å². The Kier molecular flexibility index (Phi) is 6.46. The number of unbranched alkanes of at least 4 members (excludes halogenated alkanes) is 1. The highest BCUT2D eigenvalue weighted by atomic mass is 35.5. The zero-order valence-corrected chi connectivity index (χ0v) is 19.4. The van der Waals surface area contributed by atoms with Crippen LogP contribution >= 0.6 is 11.6 Å². The zero-order chi connectivity index (χ0) is 22.6. The number of anilines is 1. The van der Waals surface area contributed by atoms with Crippen LogP contribution in [0.5, 0.6) is 0 Å². The van der Waals surface area contributed by atoms with E-state index in [-0.39, 0.29) is 5.56 Å². The Morgan fingerprint density at radius 2 is 1.58 bits per heavy atom. The van der Waals surface area contributed by atoms with Gasteiger partial charge in [-0.2, -0.15) is 5.10 Å². The molecule has 33 heavy (non-hydrogen) atoms. The van der Waals surface area contributed by atoms with Gasteiger partial charge in [0.15, 0.2) is 5.82 Å². The minimum Gasteiger partial charge on any atom is -0.368 e. The molecule has 4 aromatic rings. The van der Waals surface area contributed by atoms with E-state index >= 15 is 0 Å². The summed E-state index contributed by atoms with van der Waals surface area (Å²) in [7, 11) is 0. The van der Waals surface area contributed by atoms with Crippen LogP contribution in [0.25, 0.3) is 16.7 Å². The lowest BCUT2D eigenvalue weighted by atomic mass is 10.2. The summed E-state index contributed by atoms with van der Waals surface area (Å²) in [6, 6.07) is 21.7. The Balaban J connectivity index is 1.14. The second kappa shape index (κ2) is 9.81. The highest BCUT2D eigenvalue weighted by molar-refractivity contribution is 6.33. The molecule has 6 nitrogen and oxygen atoms in total. The van der Waals surface area contributed by atoms with Crippen molar-refractivity contribution in [2.45, 2.75) is 19.4 Å². The summed E-state index contributed by atoms with van der Waals surface area (Å²) in [4.78, 5) is 17.2. The maximum Gasteiger partial charge on any atom is 0.266 e. The monoisotopic (exact) mass is 461 g/mol. The molecular formula is C26H28ClN5O. The van der Waals surface area contributed by atoms with Crippen LogP contribution in [0, 0.1) is 0 Å². The predicted octanol–water partition coefficient (Wildman–Crippen LogP) is 4.44. The number of benzene rings is 2. The van der Waals surface area contributed by atoms with Gasteiger partial charge in [-0.15, -0.1) is 0 Å². The van der Waals surface area contributed by atoms with Crippen molar-refractivity contribution in [2.75, 3.05) is 37.6 Å². The van der Waals surface area contributed by atoms with Crippen LogP contribution < -0.4 is 10.5 Å². The lowest BCUT2D eigenvalue weighted by molar-refractivity contribution is 0.250. The molecule has 5 rings (SSSR count). The van der Waals surface area contributed by atoms with Gasteiger partial charge in [0, 0.05) is 45.0 Å². The quantitative estimate of drug-likeness (QED) is 0.382. The molecule has 0 bridgehead atoms. The van der Waals surface area contributed by atoms with Crippen molar-refractivity contribution in [1.82, 2.24) is 19.2 Å². The number of hydrogen-bond acceptors (Lipinski definition) is 4. The lowest BCUT2D eigenvalue weighted by Gasteiger charge is -2.36. The first-order valence-corrected chi connectivity index (χ1v) is 11.9. The SMILES string of the molecule is O=c1ccc(-n2ccc3ccccc32)nn1CCCCN1CCN(c2ccccc2Cl)CC1. The topological polar surface area (TPSA) is 46.3 Å². The average molecular weight is 462 g/mol. The van der Waals surface area contributed by atoms with E-state index < -0.39 is 0 Å². The lowest BCUT2D eigenvalue weighted by Crippen LogP contribution is -2.46. The van der Waals surface area contributed by atoms with Gasteiger partial charge >= 0.3 is 0 Å². The van der Waals surface area contributed by atoms with E-state index in [2.05, 4.69) is 39.2 Å². The molecule has 1 aliphatic heterocycles. The van der Waals surface area contributed by atoms with Crippen LogP contribution in [0.2, 0.25) is 5.02 Å². The van der Waals surface area contributed by atoms with Crippen molar-refractivity contribution in [3.8, 4) is 5.82 Å². The van der Waals surface area contributed by atoms with E-state index in [4.69, 9.17) is 11.6 Å². The Morgan fingerprint density at radius 3 is 2.42 bits per heavy atom. The van der Waals surface area contributed by atoms with Crippen molar-refractivity contribution in [3.63, 3.8) is 0 Å². The molecule has 0 atom stereocenters. The fraction of sp³-hybridized carbons (Fsp3) is 0.308. The summed E-state index contributed by atoms with van der Waals surface area (Å²) < 4.78 is 3.63. The van der Waals surface area contributed by atoms with Crippen LogP contribution in [0.3, 0.4) is 0 Å². The summed E-state index contributed by atoms with van der Waals surface area (Å²) in [5, 5.41) is 6.61. The van der Waals surface area contributed by atoms with Gasteiger partial charge in [-0.05, 0) is 55.1 Å². The normalized spacial score (nSPS) is 14.8. The molecule has 0 saturated carbocycles. The van der Waals surface area contributed by atoms with Crippen molar-refractivity contribution < 1.29 is 0 Å². The summed E-state index contributed by atoms with van der Waals surface area (Å²) in [6.07, 6.45) is 3.97. The second-order valence-corrected chi connectivity index (χ2v) is 8.89. The Labute approximate surface area is 198 Å². The van der Waals surface area contributed by atoms with Crippen molar-refractivity contribution >= 4 is 28.2 Å². The molecule has 0 amide bonds. The predicted molar refractivity (Wildman–Crippen MR) is 135 cm³/mol. The van der Waals surface area contributed by atoms with Crippen molar-refractivity contribution in [3.05, 3.63) is 88.3 Å². The van der Waals surface area contributed by atoms with Crippen molar-refractivity contribution in [1.29, 1.82) is 0 Å². The Morgan fingerprint density at radius 1 is 0.818 bits per heavy atom. The molecule has 0 spiro atoms. The summed E-state index contributed by atoms with van der Waals surface area (Å²) >= 11 is 6.35. The average Bonchev–Trinajstić information content (AvgIpc) is 3.28. The van der Waals surface area contributed by atoms with Gasteiger partial charge < -0.3 is 4.90 Å². The number of nitrogens with zero attached hydrogens (tertiary/aromatic N) is 5. The maximum atomic E-state index is 12.4. The largest absolute Gasteiger partial charge is 0.368 e. The Hall–Kier alpha value is -3.09. The van der Waals surface area contributed by atoms with Crippen LogP contribution in [0.15, 0.2) is 77.7 Å². The number of aromatic nitrogens is 3. The fourth-order valence-electron chi connectivity index (χ4n) is 4.53. The molecule has 7 heteroatoms. The number of halogens is 1. The molecule has 0 unspecified atom stereocenters. The molecule has 1 saturated heterocycles. The molecule has 0 radical (unpaired) electrons. The molecule has 1 aliphatic rings. The van der Waals surface area contributed by atoms with Crippen molar-refractivity contribution in [2.24, 2.45) is 0 Å². The molecule has 3 heterocycles. The second-order valence-electron chi connectivity index (χ2n) is 8.48. The fourth-order valence-corrected chi connectivity index (χ4v) is 4.78. The van der Waals surface area contributed by atoms with E-state index in [1.165, 1.54) is 0 Å². The van der Waals surface area contributed by atoms with Crippen LogP contribution in [-0.4, -0.2) is 52.0 Å². The van der Waals surface area contributed by atoms with E-state index in [9.17, 15) is 4.79 Å². The molecule has 2 aromatic carbocycles. The van der Waals surface area contributed by atoms with Gasteiger partial charge in [-0.3, -0.25) is 14.3 Å². The number of hydrogen-bond donors (Lipinski definition) is 0. The van der Waals surface area contributed by atoms with Gasteiger partial charge in [-0.1, -0.05) is 41.9 Å². The van der Waals surface area contributed by atoms with E-state index in [0.717, 1.165) is 73.0 Å². The van der Waals surface area contributed by atoms with Gasteiger partial charge in [-0.25, -0.2) is 4.68 Å². The third-order valence-electron chi connectivity index (χ3n) is 6.36. The first-order valence-electron chi connectivity index (χ1n) is 11.6. The number of fused-ring (bicyclic) bond motifs is 1. The standard InChI is InChI=1S/C26H28ClN5O/c27-22-8-2-4-10-24(22)30-19-17-29(18-20-30)14-5-6-15-32-26(33)12-11-25(28-32)31-16-13-21-7-1-3-9-23(21)31/h1-4,7-13,16H,5-6,14-15,17-20H2. The number of aryl methyl sites for hydroxylation is 1. The van der Waals surface area contributed by atoms with Crippen LogP contribution in [0.4, 0.5) is 5.69 Å². The molecular weight excluding hydrogens is 434 g/mol. The first kappa shape index (κ1) is 21.7. The smallest absolute Gasteiger partial charge is 0.266 e. The molecule has 0 N–H and O–H groups in total. The molecule has 0 aliphatic carbocycles. The Bertz CT molecular complexity index is 1290. The third kappa shape index (κ3) is 4.82. The van der Waals surface area contributed by atoms with Gasteiger partial charge in [0.1, 0.15) is 0 Å². The van der Waals surface area contributed by atoms with E-state index in [0.29, 0.717) is 6.54 Å². The van der Waals surface area contributed by atoms with Gasteiger partial charge in [0.05, 0.1) is 16.2 Å². The molecule has 170 valence electrons. The first-order chi connectivity index (χ1) is 16.2. The summed E-state index contributed by atoms with van der Waals surface area (Å²) in [5.41, 5.74) is 2.16. The highest BCUT2D eigenvalue weighted by Crippen LogP contribution is 2.26. The minimum atomic E-state index is -0.0523. The van der Waals surface area contributed by atoms with Gasteiger partial charge in [0.25, 0.3) is 5.56 Å². The summed E-state index contributed by atoms with van der Waals surface area (Å²) in [6.45, 7) is 5.69. The van der Waals surface area contributed by atoms with Crippen LogP contribution in [-0.2, 0) is 6.54 Å². The molecule has 2 aromatic heterocycles. The summed E-state index contributed by atoms with van der Waals surface area (Å²) in [5.74, 6) is 0.770. The third-order valence-corrected chi connectivity index (χ3v) is 6.68. The number of para-hydroxylation sites is 2. The minimum absolute atomic E-state index is 0.0523. The van der Waals surface area contributed by atoms with Gasteiger partial charge in [0.2, 0.25) is 0 Å². The number of rotatable bonds is 7. The molecule has 1 fully saturated rings. The zero-order valence-electron chi connectivity index (χ0n) is 18.6. The highest BCUT2D eigenvalue weighted by Gasteiger charge is 2.18. The van der Waals surface area contributed by atoms with E-state index in [1.54, 1.807) is 16.8 Å².